The summed E-state index contributed by atoms with van der Waals surface area (Å²) < 4.78 is 2.32. The lowest BCUT2D eigenvalue weighted by Gasteiger charge is -2.06. The number of nitrogens with one attached hydrogen (secondary N) is 1. The summed E-state index contributed by atoms with van der Waals surface area (Å²) in [7, 11) is 0. The van der Waals surface area contributed by atoms with Crippen LogP contribution >= 0.6 is 39.3 Å². The molecule has 0 saturated heterocycles. The molecule has 1 heterocycles. The van der Waals surface area contributed by atoms with E-state index in [-0.39, 0.29) is 5.91 Å². The zero-order chi connectivity index (χ0) is 18.5. The molecule has 0 aliphatic heterocycles. The number of anilines is 1. The number of benzene rings is 2. The third-order valence-corrected chi connectivity index (χ3v) is 5.32. The molecule has 2 aromatic carbocycles. The minimum atomic E-state index is -0.103. The van der Waals surface area contributed by atoms with Crippen LogP contribution in [0.1, 0.15) is 6.42 Å². The van der Waals surface area contributed by atoms with Crippen molar-refractivity contribution in [2.75, 3.05) is 16.9 Å². The van der Waals surface area contributed by atoms with Crippen LogP contribution in [0.3, 0.4) is 0 Å². The molecule has 9 heteroatoms. The molecule has 0 aliphatic rings. The number of carbonyl (C=O) groups is 1. The van der Waals surface area contributed by atoms with Crippen LogP contribution in [-0.4, -0.2) is 26.5 Å². The fraction of sp³-hybridized carbons (Fsp3) is 0.118. The largest absolute Gasteiger partial charge is 0.335 e. The molecule has 3 aromatic rings. The molecule has 1 amide bonds. The van der Waals surface area contributed by atoms with Crippen LogP contribution in [0.5, 0.6) is 0 Å². The van der Waals surface area contributed by atoms with Crippen LogP contribution in [0, 0.1) is 0 Å². The Labute approximate surface area is 168 Å². The molecule has 3 N–H and O–H groups in total. The Bertz CT molecular complexity index is 933. The highest BCUT2D eigenvalue weighted by Gasteiger charge is 2.14. The van der Waals surface area contributed by atoms with Crippen molar-refractivity contribution in [2.24, 2.45) is 0 Å². The average molecular weight is 453 g/mol. The molecule has 0 spiro atoms. The Kier molecular flexibility index (Phi) is 6.18. The van der Waals surface area contributed by atoms with Gasteiger partial charge in [0, 0.05) is 32.9 Å². The average Bonchev–Trinajstić information content (AvgIpc) is 2.96. The molecule has 3 rings (SSSR count). The summed E-state index contributed by atoms with van der Waals surface area (Å²) in [4.78, 5) is 12.0. The van der Waals surface area contributed by atoms with Crippen molar-refractivity contribution < 1.29 is 4.79 Å². The van der Waals surface area contributed by atoms with Crippen LogP contribution in [0.25, 0.3) is 11.4 Å². The highest BCUT2D eigenvalue weighted by molar-refractivity contribution is 9.10. The maximum absolute atomic E-state index is 12.0. The number of hydrogen-bond acceptors (Lipinski definition) is 5. The molecule has 26 heavy (non-hydrogen) atoms. The van der Waals surface area contributed by atoms with Crippen molar-refractivity contribution >= 4 is 50.9 Å². The summed E-state index contributed by atoms with van der Waals surface area (Å²) in [6.45, 7) is 0. The molecule has 0 bridgehead atoms. The van der Waals surface area contributed by atoms with E-state index in [2.05, 4.69) is 31.4 Å². The quantitative estimate of drug-likeness (QED) is 0.432. The van der Waals surface area contributed by atoms with Gasteiger partial charge in [0.15, 0.2) is 5.82 Å². The Morgan fingerprint density at radius 2 is 2.04 bits per heavy atom. The smallest absolute Gasteiger partial charge is 0.225 e. The van der Waals surface area contributed by atoms with Gasteiger partial charge in [-0.25, -0.2) is 4.68 Å². The Balaban J connectivity index is 1.57. The van der Waals surface area contributed by atoms with Crippen molar-refractivity contribution in [1.29, 1.82) is 0 Å². The normalized spacial score (nSPS) is 10.7. The predicted octanol–water partition coefficient (Wildman–Crippen LogP) is 4.20. The zero-order valence-electron chi connectivity index (χ0n) is 13.5. The SMILES string of the molecule is Nn1c(SCCC(=O)Nc2cccc(Cl)c2)nnc1-c1ccccc1Br. The van der Waals surface area contributed by atoms with E-state index >= 15 is 0 Å². The maximum atomic E-state index is 12.0. The minimum absolute atomic E-state index is 0.103. The molecule has 0 unspecified atom stereocenters. The summed E-state index contributed by atoms with van der Waals surface area (Å²) >= 11 is 10.8. The zero-order valence-corrected chi connectivity index (χ0v) is 16.7. The van der Waals surface area contributed by atoms with E-state index in [0.717, 1.165) is 10.0 Å². The molecule has 0 aliphatic carbocycles. The first-order valence-corrected chi connectivity index (χ1v) is 9.84. The van der Waals surface area contributed by atoms with Crippen molar-refractivity contribution in [2.45, 2.75) is 11.6 Å². The monoisotopic (exact) mass is 451 g/mol. The fourth-order valence-electron chi connectivity index (χ4n) is 2.23. The van der Waals surface area contributed by atoms with E-state index in [9.17, 15) is 4.79 Å². The van der Waals surface area contributed by atoms with Crippen LogP contribution in [0.4, 0.5) is 5.69 Å². The molecule has 6 nitrogen and oxygen atoms in total. The lowest BCUT2D eigenvalue weighted by atomic mass is 10.2. The standard InChI is InChI=1S/C17H15BrClN5OS/c18-14-7-2-1-6-13(14)16-22-23-17(24(16)20)26-9-8-15(25)21-12-5-3-4-11(19)10-12/h1-7,10H,8-9,20H2,(H,21,25). The van der Waals surface area contributed by atoms with Crippen molar-refractivity contribution in [3.8, 4) is 11.4 Å². The molecule has 0 radical (unpaired) electrons. The third kappa shape index (κ3) is 4.57. The van der Waals surface area contributed by atoms with Crippen LogP contribution in [0.2, 0.25) is 5.02 Å². The van der Waals surface area contributed by atoms with Gasteiger partial charge in [-0.15, -0.1) is 10.2 Å². The topological polar surface area (TPSA) is 85.8 Å². The van der Waals surface area contributed by atoms with Crippen molar-refractivity contribution in [1.82, 2.24) is 14.9 Å². The van der Waals surface area contributed by atoms with E-state index in [4.69, 9.17) is 17.4 Å². The van der Waals surface area contributed by atoms with E-state index in [1.54, 1.807) is 24.3 Å². The van der Waals surface area contributed by atoms with E-state index in [1.807, 2.05) is 24.3 Å². The first-order valence-electron chi connectivity index (χ1n) is 7.68. The van der Waals surface area contributed by atoms with E-state index in [1.165, 1.54) is 16.4 Å². The minimum Gasteiger partial charge on any atom is -0.335 e. The van der Waals surface area contributed by atoms with E-state index < -0.39 is 0 Å². The second kappa shape index (κ2) is 8.57. The van der Waals surface area contributed by atoms with Crippen LogP contribution < -0.4 is 11.2 Å². The van der Waals surface area contributed by atoms with Gasteiger partial charge in [0.25, 0.3) is 0 Å². The molecule has 0 saturated carbocycles. The number of rotatable bonds is 6. The van der Waals surface area contributed by atoms with Gasteiger partial charge in [0.2, 0.25) is 11.1 Å². The summed E-state index contributed by atoms with van der Waals surface area (Å²) in [6, 6.07) is 14.7. The van der Waals surface area contributed by atoms with E-state index in [0.29, 0.717) is 33.9 Å². The van der Waals surface area contributed by atoms with Gasteiger partial charge in [-0.3, -0.25) is 4.79 Å². The van der Waals surface area contributed by atoms with Gasteiger partial charge in [-0.1, -0.05) is 57.5 Å². The first-order chi connectivity index (χ1) is 12.5. The van der Waals surface area contributed by atoms with Gasteiger partial charge in [0.05, 0.1) is 0 Å². The van der Waals surface area contributed by atoms with Crippen LogP contribution in [0.15, 0.2) is 58.2 Å². The molecular formula is C17H15BrClN5OS. The number of hydrogen-bond donors (Lipinski definition) is 2. The number of carbonyl (C=O) groups excluding carboxylic acids is 1. The molecule has 1 aromatic heterocycles. The number of amides is 1. The summed E-state index contributed by atoms with van der Waals surface area (Å²) in [5.74, 6) is 7.08. The number of nitrogens with two attached hydrogens (primary N) is 1. The highest BCUT2D eigenvalue weighted by Crippen LogP contribution is 2.28. The summed E-state index contributed by atoms with van der Waals surface area (Å²) in [6.07, 6.45) is 0.314. The summed E-state index contributed by atoms with van der Waals surface area (Å²) in [5.41, 5.74) is 1.53. The number of halogens is 2. The number of aromatic nitrogens is 3. The molecule has 134 valence electrons. The molecular weight excluding hydrogens is 438 g/mol. The van der Waals surface area contributed by atoms with Crippen molar-refractivity contribution in [3.05, 3.63) is 58.0 Å². The molecule has 0 atom stereocenters. The molecule has 0 fully saturated rings. The number of nitrogen functional groups attached to an aromatic ring is 1. The predicted molar refractivity (Wildman–Crippen MR) is 109 cm³/mol. The second-order valence-corrected chi connectivity index (χ2v) is 7.67. The number of thioether (sulfide) groups is 1. The van der Waals surface area contributed by atoms with Gasteiger partial charge in [-0.05, 0) is 30.3 Å². The third-order valence-electron chi connectivity index (χ3n) is 3.45. The Hall–Kier alpha value is -2.03. The number of nitrogens with zero attached hydrogens (tertiary/aromatic N) is 3. The lowest BCUT2D eigenvalue weighted by molar-refractivity contribution is -0.115. The maximum Gasteiger partial charge on any atom is 0.225 e. The Morgan fingerprint density at radius 3 is 2.81 bits per heavy atom. The van der Waals surface area contributed by atoms with Crippen LogP contribution in [-0.2, 0) is 4.79 Å². The Morgan fingerprint density at radius 1 is 1.23 bits per heavy atom. The van der Waals surface area contributed by atoms with Gasteiger partial charge >= 0.3 is 0 Å². The lowest BCUT2D eigenvalue weighted by Crippen LogP contribution is -2.14. The summed E-state index contributed by atoms with van der Waals surface area (Å²) in [5, 5.41) is 12.2. The fourth-order valence-corrected chi connectivity index (χ4v) is 3.67. The van der Waals surface area contributed by atoms with Crippen molar-refractivity contribution in [3.63, 3.8) is 0 Å². The van der Waals surface area contributed by atoms with Gasteiger partial charge < -0.3 is 11.2 Å². The highest BCUT2D eigenvalue weighted by atomic mass is 79.9. The second-order valence-electron chi connectivity index (χ2n) is 5.31. The van der Waals surface area contributed by atoms with Gasteiger partial charge in [-0.2, -0.15) is 0 Å². The first kappa shape index (κ1) is 18.8. The van der Waals surface area contributed by atoms with Gasteiger partial charge in [0.1, 0.15) is 0 Å².